The van der Waals surface area contributed by atoms with E-state index in [1.165, 1.54) is 0 Å². The molecule has 2 N–H and O–H groups in total. The van der Waals surface area contributed by atoms with Crippen LogP contribution in [0.15, 0.2) is 0 Å². The average molecular weight is 226 g/mol. The molecule has 2 fully saturated rings. The maximum atomic E-state index is 12.3. The summed E-state index contributed by atoms with van der Waals surface area (Å²) in [7, 11) is 0. The first-order valence-corrected chi connectivity index (χ1v) is 6.45. The summed E-state index contributed by atoms with van der Waals surface area (Å²) < 4.78 is 0. The van der Waals surface area contributed by atoms with Gasteiger partial charge in [0.2, 0.25) is 0 Å². The lowest BCUT2D eigenvalue weighted by atomic mass is 9.92. The fourth-order valence-corrected chi connectivity index (χ4v) is 2.69. The lowest BCUT2D eigenvalue weighted by Gasteiger charge is -2.35. The Morgan fingerprint density at radius 3 is 2.19 bits per heavy atom. The van der Waals surface area contributed by atoms with Crippen molar-refractivity contribution in [2.24, 2.45) is 0 Å². The molecule has 4 heteroatoms. The standard InChI is InChI=1S/C12H22N2O2/c15-11(14-9-7-13-8-10-14)12(16)5-3-1-2-4-6-12/h13,16H,1-10H2. The molecule has 2 aliphatic rings. The van der Waals surface area contributed by atoms with E-state index in [0.29, 0.717) is 12.8 Å². The number of carbonyl (C=O) groups is 1. The van der Waals surface area contributed by atoms with Crippen molar-refractivity contribution in [3.63, 3.8) is 0 Å². The first-order valence-electron chi connectivity index (χ1n) is 6.45. The van der Waals surface area contributed by atoms with Crippen LogP contribution in [0.5, 0.6) is 0 Å². The van der Waals surface area contributed by atoms with Crippen LogP contribution in [-0.2, 0) is 4.79 Å². The number of rotatable bonds is 1. The van der Waals surface area contributed by atoms with Crippen molar-refractivity contribution in [3.05, 3.63) is 0 Å². The highest BCUT2D eigenvalue weighted by molar-refractivity contribution is 5.85. The highest BCUT2D eigenvalue weighted by atomic mass is 16.3. The summed E-state index contributed by atoms with van der Waals surface area (Å²) in [6.45, 7) is 3.17. The second kappa shape index (κ2) is 5.15. The third-order valence-corrected chi connectivity index (χ3v) is 3.73. The van der Waals surface area contributed by atoms with Gasteiger partial charge >= 0.3 is 0 Å². The molecule has 1 aliphatic carbocycles. The molecule has 0 aromatic rings. The van der Waals surface area contributed by atoms with Crippen molar-refractivity contribution < 1.29 is 9.90 Å². The summed E-state index contributed by atoms with van der Waals surface area (Å²) in [5.41, 5.74) is -1.06. The van der Waals surface area contributed by atoms with E-state index in [-0.39, 0.29) is 5.91 Å². The second-order valence-corrected chi connectivity index (χ2v) is 4.99. The maximum Gasteiger partial charge on any atom is 0.254 e. The van der Waals surface area contributed by atoms with Crippen molar-refractivity contribution in [3.8, 4) is 0 Å². The van der Waals surface area contributed by atoms with E-state index in [4.69, 9.17) is 0 Å². The molecule has 0 spiro atoms. The molecule has 1 heterocycles. The molecule has 2 rings (SSSR count). The second-order valence-electron chi connectivity index (χ2n) is 4.99. The molecular weight excluding hydrogens is 204 g/mol. The van der Waals surface area contributed by atoms with Gasteiger partial charge in [0.1, 0.15) is 5.60 Å². The lowest BCUT2D eigenvalue weighted by Crippen LogP contribution is -2.54. The summed E-state index contributed by atoms with van der Waals surface area (Å²) in [5.74, 6) is -0.0316. The molecule has 4 nitrogen and oxygen atoms in total. The maximum absolute atomic E-state index is 12.3. The van der Waals surface area contributed by atoms with Crippen LogP contribution in [-0.4, -0.2) is 47.7 Å². The van der Waals surface area contributed by atoms with Gasteiger partial charge in [0.05, 0.1) is 0 Å². The predicted octanol–water partition coefficient (Wildman–Crippen LogP) is 0.503. The Hall–Kier alpha value is -0.610. The number of amides is 1. The largest absolute Gasteiger partial charge is 0.380 e. The van der Waals surface area contributed by atoms with Crippen LogP contribution in [0.2, 0.25) is 0 Å². The van der Waals surface area contributed by atoms with E-state index in [1.54, 1.807) is 0 Å². The van der Waals surface area contributed by atoms with E-state index in [2.05, 4.69) is 5.32 Å². The zero-order chi connectivity index (χ0) is 11.4. The Bertz CT molecular complexity index is 241. The molecule has 1 amide bonds. The van der Waals surface area contributed by atoms with Crippen molar-refractivity contribution >= 4 is 5.91 Å². The van der Waals surface area contributed by atoms with Gasteiger partial charge in [-0.15, -0.1) is 0 Å². The fourth-order valence-electron chi connectivity index (χ4n) is 2.69. The minimum atomic E-state index is -1.06. The third-order valence-electron chi connectivity index (χ3n) is 3.73. The first-order chi connectivity index (χ1) is 7.72. The topological polar surface area (TPSA) is 52.6 Å². The van der Waals surface area contributed by atoms with E-state index in [1.807, 2.05) is 4.90 Å². The minimum Gasteiger partial charge on any atom is -0.380 e. The number of hydrogen-bond donors (Lipinski definition) is 2. The van der Waals surface area contributed by atoms with E-state index < -0.39 is 5.60 Å². The van der Waals surface area contributed by atoms with Crippen LogP contribution in [0.3, 0.4) is 0 Å². The smallest absolute Gasteiger partial charge is 0.254 e. The van der Waals surface area contributed by atoms with Gasteiger partial charge in [-0.05, 0) is 12.8 Å². The lowest BCUT2D eigenvalue weighted by molar-refractivity contribution is -0.153. The molecule has 0 unspecified atom stereocenters. The summed E-state index contributed by atoms with van der Waals surface area (Å²) in [5, 5.41) is 13.7. The van der Waals surface area contributed by atoms with Crippen LogP contribution in [0.1, 0.15) is 38.5 Å². The number of piperazine rings is 1. The quantitative estimate of drug-likeness (QED) is 0.640. The molecule has 16 heavy (non-hydrogen) atoms. The van der Waals surface area contributed by atoms with Gasteiger partial charge < -0.3 is 15.3 Å². The van der Waals surface area contributed by atoms with Crippen LogP contribution in [0.4, 0.5) is 0 Å². The minimum absolute atomic E-state index is 0.0316. The summed E-state index contributed by atoms with van der Waals surface area (Å²) >= 11 is 0. The number of hydrogen-bond acceptors (Lipinski definition) is 3. The van der Waals surface area contributed by atoms with Gasteiger partial charge in [-0.3, -0.25) is 4.79 Å². The highest BCUT2D eigenvalue weighted by Crippen LogP contribution is 2.28. The summed E-state index contributed by atoms with van der Waals surface area (Å²) in [6.07, 6.45) is 5.56. The zero-order valence-electron chi connectivity index (χ0n) is 9.87. The molecule has 0 aromatic heterocycles. The molecule has 0 bridgehead atoms. The number of carbonyl (C=O) groups excluding carboxylic acids is 1. The normalized spacial score (nSPS) is 26.2. The molecule has 1 saturated heterocycles. The molecule has 0 aromatic carbocycles. The Balaban J connectivity index is 1.99. The summed E-state index contributed by atoms with van der Waals surface area (Å²) in [4.78, 5) is 14.1. The SMILES string of the molecule is O=C(N1CCNCC1)C1(O)CCCCCC1. The average Bonchev–Trinajstić information content (AvgIpc) is 2.55. The molecule has 1 saturated carbocycles. The predicted molar refractivity (Wildman–Crippen MR) is 62.1 cm³/mol. The Kier molecular flexibility index (Phi) is 3.82. The van der Waals surface area contributed by atoms with Crippen LogP contribution in [0.25, 0.3) is 0 Å². The van der Waals surface area contributed by atoms with Crippen molar-refractivity contribution in [2.45, 2.75) is 44.1 Å². The zero-order valence-corrected chi connectivity index (χ0v) is 9.87. The first kappa shape index (κ1) is 11.9. The Morgan fingerprint density at radius 2 is 1.62 bits per heavy atom. The van der Waals surface area contributed by atoms with E-state index in [9.17, 15) is 9.90 Å². The molecule has 1 aliphatic heterocycles. The van der Waals surface area contributed by atoms with Crippen molar-refractivity contribution in [2.75, 3.05) is 26.2 Å². The third kappa shape index (κ3) is 2.55. The van der Waals surface area contributed by atoms with Crippen molar-refractivity contribution in [1.29, 1.82) is 0 Å². The van der Waals surface area contributed by atoms with Gasteiger partial charge in [-0.25, -0.2) is 0 Å². The van der Waals surface area contributed by atoms with Crippen LogP contribution >= 0.6 is 0 Å². The number of aliphatic hydroxyl groups is 1. The van der Waals surface area contributed by atoms with Gasteiger partial charge in [0.15, 0.2) is 0 Å². The molecular formula is C12H22N2O2. The summed E-state index contributed by atoms with van der Waals surface area (Å²) in [6, 6.07) is 0. The Morgan fingerprint density at radius 1 is 1.06 bits per heavy atom. The molecule has 0 radical (unpaired) electrons. The highest BCUT2D eigenvalue weighted by Gasteiger charge is 2.39. The molecule has 92 valence electrons. The Labute approximate surface area is 97.0 Å². The van der Waals surface area contributed by atoms with E-state index >= 15 is 0 Å². The molecule has 0 atom stereocenters. The van der Waals surface area contributed by atoms with Crippen molar-refractivity contribution in [1.82, 2.24) is 10.2 Å². The van der Waals surface area contributed by atoms with E-state index in [0.717, 1.165) is 51.9 Å². The number of nitrogens with one attached hydrogen (secondary N) is 1. The van der Waals surface area contributed by atoms with Crippen LogP contribution in [0, 0.1) is 0 Å². The van der Waals surface area contributed by atoms with Gasteiger partial charge in [-0.2, -0.15) is 0 Å². The van der Waals surface area contributed by atoms with Crippen LogP contribution < -0.4 is 5.32 Å². The van der Waals surface area contributed by atoms with Gasteiger partial charge in [0.25, 0.3) is 5.91 Å². The fraction of sp³-hybridized carbons (Fsp3) is 0.917. The van der Waals surface area contributed by atoms with Gasteiger partial charge in [-0.1, -0.05) is 25.7 Å². The monoisotopic (exact) mass is 226 g/mol. The van der Waals surface area contributed by atoms with Gasteiger partial charge in [0, 0.05) is 26.2 Å². The number of nitrogens with zero attached hydrogens (tertiary/aromatic N) is 1.